The van der Waals surface area contributed by atoms with Crippen LogP contribution in [-0.2, 0) is 0 Å². The second-order valence-electron chi connectivity index (χ2n) is 2.65. The second kappa shape index (κ2) is 5.32. The Balaban J connectivity index is 3.31. The fourth-order valence-electron chi connectivity index (χ4n) is 1.16. The second-order valence-corrected chi connectivity index (χ2v) is 2.96. The van der Waals surface area contributed by atoms with Crippen molar-refractivity contribution in [3.05, 3.63) is 29.3 Å². The zero-order valence-electron chi connectivity index (χ0n) is 8.15. The first-order chi connectivity index (χ1) is 7.20. The van der Waals surface area contributed by atoms with E-state index < -0.39 is 5.97 Å². The summed E-state index contributed by atoms with van der Waals surface area (Å²) in [5.41, 5.74) is 0.533. The molecule has 0 radical (unpaired) electrons. The Hall–Kier alpha value is -1.60. The summed E-state index contributed by atoms with van der Waals surface area (Å²) < 4.78 is 4.96. The molecule has 0 aliphatic carbocycles. The van der Waals surface area contributed by atoms with Gasteiger partial charge in [-0.25, -0.2) is 4.79 Å². The first-order valence-electron chi connectivity index (χ1n) is 4.20. The summed E-state index contributed by atoms with van der Waals surface area (Å²) in [6.07, 6.45) is 0. The Kier molecular flexibility index (Phi) is 4.07. The van der Waals surface area contributed by atoms with Crippen LogP contribution >= 0.6 is 12.6 Å². The molecule has 0 saturated carbocycles. The van der Waals surface area contributed by atoms with E-state index in [1.807, 2.05) is 0 Å². The Morgan fingerprint density at radius 1 is 1.60 bits per heavy atom. The predicted molar refractivity (Wildman–Crippen MR) is 60.7 cm³/mol. The van der Waals surface area contributed by atoms with E-state index in [0.29, 0.717) is 17.1 Å². The van der Waals surface area contributed by atoms with Crippen LogP contribution in [0.3, 0.4) is 0 Å². The number of thiol groups is 1. The number of hydrogen-bond donors (Lipinski definition) is 2. The average molecular weight is 222 g/mol. The van der Waals surface area contributed by atoms with E-state index in [2.05, 4.69) is 24.5 Å². The van der Waals surface area contributed by atoms with Gasteiger partial charge in [-0.3, -0.25) is 0 Å². The summed E-state index contributed by atoms with van der Waals surface area (Å²) >= 11 is 3.93. The maximum Gasteiger partial charge on any atom is 0.340 e. The third kappa shape index (κ3) is 2.67. The first-order valence-corrected chi connectivity index (χ1v) is 4.84. The molecular weight excluding hydrogens is 212 g/mol. The highest BCUT2D eigenvalue weighted by atomic mass is 32.1. The quantitative estimate of drug-likeness (QED) is 0.591. The molecule has 78 valence electrons. The third-order valence-corrected chi connectivity index (χ3v) is 1.92. The molecule has 0 aliphatic rings. The van der Waals surface area contributed by atoms with Gasteiger partial charge < -0.3 is 9.84 Å². The van der Waals surface area contributed by atoms with E-state index in [9.17, 15) is 4.79 Å². The van der Waals surface area contributed by atoms with Crippen LogP contribution in [0.5, 0.6) is 5.75 Å². The number of rotatable bonds is 2. The molecule has 1 aromatic carbocycles. The van der Waals surface area contributed by atoms with Crippen LogP contribution in [0.1, 0.15) is 15.9 Å². The summed E-state index contributed by atoms with van der Waals surface area (Å²) in [5.74, 6) is 5.09. The minimum absolute atomic E-state index is 0.0919. The highest BCUT2D eigenvalue weighted by Crippen LogP contribution is 2.21. The molecule has 0 spiro atoms. The van der Waals surface area contributed by atoms with Gasteiger partial charge in [0, 0.05) is 5.56 Å². The van der Waals surface area contributed by atoms with Crippen LogP contribution in [0.15, 0.2) is 18.2 Å². The molecule has 15 heavy (non-hydrogen) atoms. The summed E-state index contributed by atoms with van der Waals surface area (Å²) in [7, 11) is 1.43. The van der Waals surface area contributed by atoms with Crippen molar-refractivity contribution in [2.75, 3.05) is 12.9 Å². The van der Waals surface area contributed by atoms with Gasteiger partial charge in [-0.15, -0.1) is 0 Å². The molecule has 1 N–H and O–H groups in total. The van der Waals surface area contributed by atoms with Crippen molar-refractivity contribution >= 4 is 18.6 Å². The molecule has 0 saturated heterocycles. The van der Waals surface area contributed by atoms with Crippen molar-refractivity contribution in [3.63, 3.8) is 0 Å². The van der Waals surface area contributed by atoms with E-state index in [4.69, 9.17) is 9.84 Å². The van der Waals surface area contributed by atoms with Crippen molar-refractivity contribution in [2.45, 2.75) is 0 Å². The van der Waals surface area contributed by atoms with Crippen molar-refractivity contribution in [2.24, 2.45) is 0 Å². The molecule has 0 unspecified atom stereocenters. The molecular formula is C11H10O3S. The van der Waals surface area contributed by atoms with Crippen LogP contribution < -0.4 is 4.74 Å². The molecule has 0 amide bonds. The molecule has 3 nitrogen and oxygen atoms in total. The Bertz CT molecular complexity index is 429. The molecule has 0 aromatic heterocycles. The fraction of sp³-hybridized carbons (Fsp3) is 0.182. The number of carbonyl (C=O) groups is 1. The van der Waals surface area contributed by atoms with Gasteiger partial charge in [0.15, 0.2) is 0 Å². The number of ether oxygens (including phenoxy) is 1. The number of carboxylic acids is 1. The Morgan fingerprint density at radius 2 is 2.33 bits per heavy atom. The predicted octanol–water partition coefficient (Wildman–Crippen LogP) is 1.67. The van der Waals surface area contributed by atoms with Gasteiger partial charge in [0.2, 0.25) is 0 Å². The molecule has 0 heterocycles. The van der Waals surface area contributed by atoms with Crippen LogP contribution in [0.4, 0.5) is 0 Å². The minimum Gasteiger partial charge on any atom is -0.496 e. The zero-order valence-corrected chi connectivity index (χ0v) is 9.04. The Labute approximate surface area is 93.5 Å². The van der Waals surface area contributed by atoms with Gasteiger partial charge in [0.25, 0.3) is 0 Å². The highest BCUT2D eigenvalue weighted by Gasteiger charge is 2.14. The third-order valence-electron chi connectivity index (χ3n) is 1.76. The van der Waals surface area contributed by atoms with Crippen molar-refractivity contribution in [1.82, 2.24) is 0 Å². The van der Waals surface area contributed by atoms with Crippen LogP contribution in [0, 0.1) is 11.8 Å². The molecule has 0 atom stereocenters. The number of aromatic carboxylic acids is 1. The number of carboxylic acid groups (broad SMARTS) is 1. The largest absolute Gasteiger partial charge is 0.496 e. The molecule has 1 aromatic rings. The molecule has 0 fully saturated rings. The maximum atomic E-state index is 11.0. The zero-order chi connectivity index (χ0) is 11.3. The lowest BCUT2D eigenvalue weighted by molar-refractivity contribution is 0.0693. The number of hydrogen-bond acceptors (Lipinski definition) is 3. The van der Waals surface area contributed by atoms with Crippen LogP contribution in [0.25, 0.3) is 0 Å². The van der Waals surface area contributed by atoms with Gasteiger partial charge in [-0.2, -0.15) is 12.6 Å². The van der Waals surface area contributed by atoms with E-state index in [1.165, 1.54) is 7.11 Å². The standard InChI is InChI=1S/C11H10O3S/c1-14-9-6-2-4-8(5-3-7-15)10(9)11(12)13/h2,4,6,15H,7H2,1H3,(H,12,13). The summed E-state index contributed by atoms with van der Waals surface area (Å²) in [6.45, 7) is 0. The normalized spacial score (nSPS) is 8.93. The molecule has 4 heteroatoms. The van der Waals surface area contributed by atoms with Gasteiger partial charge in [0.05, 0.1) is 12.9 Å². The van der Waals surface area contributed by atoms with Crippen LogP contribution in [0.2, 0.25) is 0 Å². The van der Waals surface area contributed by atoms with Crippen molar-refractivity contribution < 1.29 is 14.6 Å². The van der Waals surface area contributed by atoms with Gasteiger partial charge in [-0.1, -0.05) is 17.9 Å². The topological polar surface area (TPSA) is 46.5 Å². The lowest BCUT2D eigenvalue weighted by Gasteiger charge is -2.05. The SMILES string of the molecule is COc1cccc(C#CCS)c1C(=O)O. The molecule has 0 aliphatic heterocycles. The lowest BCUT2D eigenvalue weighted by atomic mass is 10.1. The summed E-state index contributed by atoms with van der Waals surface area (Å²) in [4.78, 5) is 11.0. The maximum absolute atomic E-state index is 11.0. The van der Waals surface area contributed by atoms with Crippen LogP contribution in [-0.4, -0.2) is 23.9 Å². The van der Waals surface area contributed by atoms with Gasteiger partial charge in [0.1, 0.15) is 11.3 Å². The smallest absolute Gasteiger partial charge is 0.340 e. The summed E-state index contributed by atoms with van der Waals surface area (Å²) in [5, 5.41) is 9.01. The van der Waals surface area contributed by atoms with E-state index >= 15 is 0 Å². The van der Waals surface area contributed by atoms with Gasteiger partial charge >= 0.3 is 5.97 Å². The van der Waals surface area contributed by atoms with E-state index in [-0.39, 0.29) is 5.56 Å². The highest BCUT2D eigenvalue weighted by molar-refractivity contribution is 7.80. The molecule has 1 rings (SSSR count). The molecule has 0 bridgehead atoms. The Morgan fingerprint density at radius 3 is 2.87 bits per heavy atom. The van der Waals surface area contributed by atoms with E-state index in [1.54, 1.807) is 18.2 Å². The first kappa shape index (κ1) is 11.5. The number of benzene rings is 1. The summed E-state index contributed by atoms with van der Waals surface area (Å²) in [6, 6.07) is 4.94. The monoisotopic (exact) mass is 222 g/mol. The van der Waals surface area contributed by atoms with Crippen molar-refractivity contribution in [3.8, 4) is 17.6 Å². The minimum atomic E-state index is -1.05. The van der Waals surface area contributed by atoms with E-state index in [0.717, 1.165) is 0 Å². The lowest BCUT2D eigenvalue weighted by Crippen LogP contribution is -2.03. The van der Waals surface area contributed by atoms with Crippen molar-refractivity contribution in [1.29, 1.82) is 0 Å². The fourth-order valence-corrected chi connectivity index (χ4v) is 1.24. The number of methoxy groups -OCH3 is 1. The average Bonchev–Trinajstić information content (AvgIpc) is 2.25. The van der Waals surface area contributed by atoms with Gasteiger partial charge in [-0.05, 0) is 12.1 Å².